The largest absolute Gasteiger partial charge is 0.481 e. The monoisotopic (exact) mass is 286 g/mol. The van der Waals surface area contributed by atoms with Gasteiger partial charge in [-0.2, -0.15) is 0 Å². The zero-order chi connectivity index (χ0) is 15.0. The summed E-state index contributed by atoms with van der Waals surface area (Å²) in [6.45, 7) is 1.86. The number of aliphatic carboxylic acids is 1. The molecule has 1 fully saturated rings. The Morgan fingerprint density at radius 3 is 2.67 bits per heavy atom. The molecule has 0 atom stereocenters. The number of rotatable bonds is 4. The van der Waals surface area contributed by atoms with Crippen LogP contribution in [0.5, 0.6) is 0 Å². The smallest absolute Gasteiger partial charge is 0.305 e. The molecule has 5 nitrogen and oxygen atoms in total. The highest BCUT2D eigenvalue weighted by molar-refractivity contribution is 6.08. The van der Waals surface area contributed by atoms with E-state index in [0.717, 1.165) is 35.9 Å². The molecule has 21 heavy (non-hydrogen) atoms. The van der Waals surface area contributed by atoms with E-state index < -0.39 is 11.5 Å². The van der Waals surface area contributed by atoms with Crippen molar-refractivity contribution in [3.8, 4) is 0 Å². The number of benzene rings is 1. The van der Waals surface area contributed by atoms with Crippen LogP contribution in [0.25, 0.3) is 10.9 Å². The molecule has 1 amide bonds. The molecule has 1 aliphatic carbocycles. The van der Waals surface area contributed by atoms with Gasteiger partial charge in [0.05, 0.1) is 17.5 Å². The van der Waals surface area contributed by atoms with Crippen LogP contribution in [0.3, 0.4) is 0 Å². The number of amides is 1. The van der Waals surface area contributed by atoms with E-state index in [0.29, 0.717) is 5.56 Å². The highest BCUT2D eigenvalue weighted by Crippen LogP contribution is 2.35. The number of aryl methyl sites for hydroxylation is 1. The van der Waals surface area contributed by atoms with Crippen molar-refractivity contribution in [1.29, 1.82) is 0 Å². The molecule has 110 valence electrons. The van der Waals surface area contributed by atoms with Crippen LogP contribution >= 0.6 is 0 Å². The van der Waals surface area contributed by atoms with Crippen LogP contribution in [0, 0.1) is 6.92 Å². The lowest BCUT2D eigenvalue weighted by atomic mass is 9.74. The van der Waals surface area contributed by atoms with Gasteiger partial charge in [0.2, 0.25) is 0 Å². The molecular weight excluding hydrogens is 268 g/mol. The Bertz CT molecular complexity index is 713. The second-order valence-corrected chi connectivity index (χ2v) is 5.83. The zero-order valence-electron chi connectivity index (χ0n) is 11.9. The van der Waals surface area contributed by atoms with E-state index in [1.54, 1.807) is 0 Å². The lowest BCUT2D eigenvalue weighted by molar-refractivity contribution is -0.139. The second-order valence-electron chi connectivity index (χ2n) is 5.83. The van der Waals surface area contributed by atoms with E-state index in [-0.39, 0.29) is 12.3 Å². The van der Waals surface area contributed by atoms with E-state index in [1.165, 1.54) is 0 Å². The van der Waals surface area contributed by atoms with Gasteiger partial charge < -0.3 is 15.4 Å². The van der Waals surface area contributed by atoms with Crippen molar-refractivity contribution in [2.24, 2.45) is 0 Å². The number of para-hydroxylation sites is 1. The summed E-state index contributed by atoms with van der Waals surface area (Å²) in [5, 5.41) is 12.9. The van der Waals surface area contributed by atoms with Gasteiger partial charge in [0.25, 0.3) is 5.91 Å². The molecule has 0 radical (unpaired) electrons. The number of hydrogen-bond donors (Lipinski definition) is 3. The Morgan fingerprint density at radius 1 is 1.33 bits per heavy atom. The first-order valence-corrected chi connectivity index (χ1v) is 7.12. The molecule has 3 N–H and O–H groups in total. The summed E-state index contributed by atoms with van der Waals surface area (Å²) in [5.74, 6) is -1.06. The number of carboxylic acid groups (broad SMARTS) is 1. The number of aromatic nitrogens is 1. The van der Waals surface area contributed by atoms with Crippen molar-refractivity contribution >= 4 is 22.8 Å². The van der Waals surface area contributed by atoms with Crippen molar-refractivity contribution < 1.29 is 14.7 Å². The van der Waals surface area contributed by atoms with E-state index in [1.807, 2.05) is 31.2 Å². The Kier molecular flexibility index (Phi) is 3.20. The fourth-order valence-electron chi connectivity index (χ4n) is 3.11. The van der Waals surface area contributed by atoms with Gasteiger partial charge in [0.15, 0.2) is 0 Å². The van der Waals surface area contributed by atoms with Crippen LogP contribution in [0.15, 0.2) is 24.3 Å². The van der Waals surface area contributed by atoms with Gasteiger partial charge in [-0.3, -0.25) is 9.59 Å². The first-order chi connectivity index (χ1) is 10.0. The van der Waals surface area contributed by atoms with Crippen molar-refractivity contribution in [2.75, 3.05) is 0 Å². The Balaban J connectivity index is 1.90. The van der Waals surface area contributed by atoms with E-state index in [9.17, 15) is 9.59 Å². The Morgan fingerprint density at radius 2 is 2.05 bits per heavy atom. The summed E-state index contributed by atoms with van der Waals surface area (Å²) in [5.41, 5.74) is 1.76. The molecule has 1 saturated carbocycles. The number of carbonyl (C=O) groups is 2. The molecule has 2 aromatic rings. The van der Waals surface area contributed by atoms with Crippen molar-refractivity contribution in [3.05, 3.63) is 35.5 Å². The molecule has 1 aromatic carbocycles. The minimum Gasteiger partial charge on any atom is -0.481 e. The molecule has 0 unspecified atom stereocenters. The van der Waals surface area contributed by atoms with Crippen LogP contribution in [-0.2, 0) is 4.79 Å². The summed E-state index contributed by atoms with van der Waals surface area (Å²) >= 11 is 0. The van der Waals surface area contributed by atoms with Gasteiger partial charge in [-0.05, 0) is 32.3 Å². The summed E-state index contributed by atoms with van der Waals surface area (Å²) < 4.78 is 0. The van der Waals surface area contributed by atoms with Gasteiger partial charge in [0, 0.05) is 16.6 Å². The molecule has 0 aliphatic heterocycles. The van der Waals surface area contributed by atoms with Crippen LogP contribution in [0.1, 0.15) is 41.7 Å². The lowest BCUT2D eigenvalue weighted by Crippen LogP contribution is -2.54. The predicted octanol–water partition coefficient (Wildman–Crippen LogP) is 2.60. The quantitative estimate of drug-likeness (QED) is 0.808. The topological polar surface area (TPSA) is 82.2 Å². The molecule has 5 heteroatoms. The van der Waals surface area contributed by atoms with Crippen molar-refractivity contribution in [1.82, 2.24) is 10.3 Å². The molecule has 1 heterocycles. The number of fused-ring (bicyclic) bond motifs is 1. The standard InChI is InChI=1S/C16H18N2O3/c1-10-14(11-5-2-3-6-12(11)17-10)15(21)18-16(7-4-8-16)9-13(19)20/h2-3,5-6,17H,4,7-9H2,1H3,(H,18,21)(H,19,20). The zero-order valence-corrected chi connectivity index (χ0v) is 11.9. The van der Waals surface area contributed by atoms with Gasteiger partial charge in [-0.15, -0.1) is 0 Å². The van der Waals surface area contributed by atoms with E-state index in [4.69, 9.17) is 5.11 Å². The minimum atomic E-state index is -0.870. The molecule has 3 rings (SSSR count). The van der Waals surface area contributed by atoms with Crippen LogP contribution < -0.4 is 5.32 Å². The number of carboxylic acids is 1. The minimum absolute atomic E-state index is 0.0137. The maximum Gasteiger partial charge on any atom is 0.305 e. The molecule has 0 saturated heterocycles. The van der Waals surface area contributed by atoms with Gasteiger partial charge >= 0.3 is 5.97 Å². The number of H-pyrrole nitrogens is 1. The first-order valence-electron chi connectivity index (χ1n) is 7.12. The summed E-state index contributed by atoms with van der Waals surface area (Å²) in [4.78, 5) is 26.8. The van der Waals surface area contributed by atoms with E-state index in [2.05, 4.69) is 10.3 Å². The number of hydrogen-bond acceptors (Lipinski definition) is 2. The summed E-state index contributed by atoms with van der Waals surface area (Å²) in [7, 11) is 0. The highest BCUT2D eigenvalue weighted by atomic mass is 16.4. The predicted molar refractivity (Wildman–Crippen MR) is 79.3 cm³/mol. The number of nitrogens with one attached hydrogen (secondary N) is 2. The van der Waals surface area contributed by atoms with E-state index >= 15 is 0 Å². The maximum absolute atomic E-state index is 12.6. The third-order valence-electron chi connectivity index (χ3n) is 4.30. The van der Waals surface area contributed by atoms with Crippen LogP contribution in [-0.4, -0.2) is 27.5 Å². The Labute approximate surface area is 122 Å². The lowest BCUT2D eigenvalue weighted by Gasteiger charge is -2.41. The van der Waals surface area contributed by atoms with Crippen LogP contribution in [0.4, 0.5) is 0 Å². The average molecular weight is 286 g/mol. The Hall–Kier alpha value is -2.30. The fourth-order valence-corrected chi connectivity index (χ4v) is 3.11. The molecule has 1 aliphatic rings. The van der Waals surface area contributed by atoms with Crippen molar-refractivity contribution in [3.63, 3.8) is 0 Å². The van der Waals surface area contributed by atoms with Gasteiger partial charge in [0.1, 0.15) is 0 Å². The molecular formula is C16H18N2O3. The van der Waals surface area contributed by atoms with Gasteiger partial charge in [-0.1, -0.05) is 18.2 Å². The molecule has 0 spiro atoms. The third-order valence-corrected chi connectivity index (χ3v) is 4.30. The van der Waals surface area contributed by atoms with Crippen LogP contribution in [0.2, 0.25) is 0 Å². The molecule has 0 bridgehead atoms. The normalized spacial score (nSPS) is 16.4. The number of aromatic amines is 1. The average Bonchev–Trinajstić information content (AvgIpc) is 2.71. The van der Waals surface area contributed by atoms with Gasteiger partial charge in [-0.25, -0.2) is 0 Å². The summed E-state index contributed by atoms with van der Waals surface area (Å²) in [6, 6.07) is 7.63. The maximum atomic E-state index is 12.6. The van der Waals surface area contributed by atoms with Crippen molar-refractivity contribution in [2.45, 2.75) is 38.1 Å². The first kappa shape index (κ1) is 13.7. The fraction of sp³-hybridized carbons (Fsp3) is 0.375. The number of carbonyl (C=O) groups excluding carboxylic acids is 1. The molecule has 1 aromatic heterocycles. The summed E-state index contributed by atoms with van der Waals surface area (Å²) in [6.07, 6.45) is 2.40. The third kappa shape index (κ3) is 2.39. The highest BCUT2D eigenvalue weighted by Gasteiger charge is 2.40. The SMILES string of the molecule is Cc1[nH]c2ccccc2c1C(=O)NC1(CC(=O)O)CCC1. The second kappa shape index (κ2) is 4.91.